The summed E-state index contributed by atoms with van der Waals surface area (Å²) < 4.78 is 0. The summed E-state index contributed by atoms with van der Waals surface area (Å²) in [6, 6.07) is 0.615. The first-order valence-electron chi connectivity index (χ1n) is 7.97. The topological polar surface area (TPSA) is 41.1 Å². The monoisotopic (exact) mass is 270 g/mol. The Morgan fingerprint density at radius 1 is 1.00 bits per heavy atom. The van der Waals surface area contributed by atoms with Crippen molar-refractivity contribution in [3.8, 4) is 0 Å². The molecule has 2 N–H and O–H groups in total. The molecule has 0 saturated heterocycles. The van der Waals surface area contributed by atoms with Crippen LogP contribution in [0.1, 0.15) is 73.6 Å². The van der Waals surface area contributed by atoms with E-state index in [1.807, 2.05) is 6.92 Å². The van der Waals surface area contributed by atoms with E-state index >= 15 is 0 Å². The molecule has 2 atom stereocenters. The Bertz CT molecular complexity index is 237. The molecule has 0 heterocycles. The fourth-order valence-electron chi connectivity index (χ4n) is 2.24. The summed E-state index contributed by atoms with van der Waals surface area (Å²) in [6.07, 6.45) is 5.63. The van der Waals surface area contributed by atoms with Crippen LogP contribution >= 0.6 is 0 Å². The maximum absolute atomic E-state index is 12.0. The van der Waals surface area contributed by atoms with Crippen LogP contribution in [-0.2, 0) is 4.79 Å². The molecule has 0 aliphatic carbocycles. The van der Waals surface area contributed by atoms with E-state index in [4.69, 9.17) is 0 Å². The van der Waals surface area contributed by atoms with E-state index in [2.05, 4.69) is 45.3 Å². The summed E-state index contributed by atoms with van der Waals surface area (Å²) in [7, 11) is 0. The van der Waals surface area contributed by atoms with Gasteiger partial charge in [0.1, 0.15) is 0 Å². The highest BCUT2D eigenvalue weighted by molar-refractivity contribution is 5.81. The third-order valence-corrected chi connectivity index (χ3v) is 3.68. The highest BCUT2D eigenvalue weighted by Gasteiger charge is 2.17. The first kappa shape index (κ1) is 18.4. The van der Waals surface area contributed by atoms with Gasteiger partial charge in [-0.15, -0.1) is 0 Å². The molecule has 19 heavy (non-hydrogen) atoms. The quantitative estimate of drug-likeness (QED) is 0.638. The molecule has 3 nitrogen and oxygen atoms in total. The van der Waals surface area contributed by atoms with E-state index in [0.29, 0.717) is 12.1 Å². The van der Waals surface area contributed by atoms with Gasteiger partial charge < -0.3 is 10.6 Å². The Hall–Kier alpha value is -0.570. The van der Waals surface area contributed by atoms with E-state index in [9.17, 15) is 4.79 Å². The molecule has 0 aromatic rings. The van der Waals surface area contributed by atoms with E-state index < -0.39 is 0 Å². The van der Waals surface area contributed by atoms with Crippen LogP contribution in [0.3, 0.4) is 0 Å². The van der Waals surface area contributed by atoms with Gasteiger partial charge in [0.2, 0.25) is 5.91 Å². The van der Waals surface area contributed by atoms with E-state index in [-0.39, 0.29) is 11.9 Å². The van der Waals surface area contributed by atoms with Crippen LogP contribution in [0.5, 0.6) is 0 Å². The number of hydrogen-bond donors (Lipinski definition) is 2. The highest BCUT2D eigenvalue weighted by Crippen LogP contribution is 2.08. The average molecular weight is 270 g/mol. The maximum Gasteiger partial charge on any atom is 0.237 e. The van der Waals surface area contributed by atoms with E-state index in [1.54, 1.807) is 0 Å². The minimum Gasteiger partial charge on any atom is -0.352 e. The number of nitrogens with one attached hydrogen (secondary N) is 2. The number of carbonyl (C=O) groups is 1. The molecule has 1 amide bonds. The van der Waals surface area contributed by atoms with Crippen molar-refractivity contribution in [1.82, 2.24) is 10.6 Å². The van der Waals surface area contributed by atoms with Gasteiger partial charge in [0.05, 0.1) is 6.04 Å². The van der Waals surface area contributed by atoms with Gasteiger partial charge >= 0.3 is 0 Å². The smallest absolute Gasteiger partial charge is 0.237 e. The summed E-state index contributed by atoms with van der Waals surface area (Å²) in [5.41, 5.74) is 0. The van der Waals surface area contributed by atoms with Crippen LogP contribution in [0, 0.1) is 5.92 Å². The van der Waals surface area contributed by atoms with Gasteiger partial charge in [0.25, 0.3) is 0 Å². The normalized spacial score (nSPS) is 14.7. The van der Waals surface area contributed by atoms with Crippen LogP contribution in [0.2, 0.25) is 0 Å². The SMILES string of the molecule is CCC(CC)NC(=O)C(C)NC(C)CCCC(C)C. The lowest BCUT2D eigenvalue weighted by molar-refractivity contribution is -0.123. The van der Waals surface area contributed by atoms with Crippen LogP contribution in [-0.4, -0.2) is 24.0 Å². The largest absolute Gasteiger partial charge is 0.352 e. The fourth-order valence-corrected chi connectivity index (χ4v) is 2.24. The predicted octanol–water partition coefficient (Wildman–Crippen LogP) is 3.48. The Morgan fingerprint density at radius 3 is 2.05 bits per heavy atom. The minimum atomic E-state index is -0.102. The number of carbonyl (C=O) groups excluding carboxylic acids is 1. The Kier molecular flexibility index (Phi) is 9.94. The van der Waals surface area contributed by atoms with Crippen LogP contribution in [0.4, 0.5) is 0 Å². The maximum atomic E-state index is 12.0. The zero-order valence-electron chi connectivity index (χ0n) is 13.8. The average Bonchev–Trinajstić information content (AvgIpc) is 2.34. The lowest BCUT2D eigenvalue weighted by atomic mass is 10.0. The van der Waals surface area contributed by atoms with E-state index in [1.165, 1.54) is 12.8 Å². The van der Waals surface area contributed by atoms with Crippen LogP contribution in [0.25, 0.3) is 0 Å². The predicted molar refractivity (Wildman–Crippen MR) is 83.3 cm³/mol. The van der Waals surface area contributed by atoms with E-state index in [0.717, 1.165) is 25.2 Å². The van der Waals surface area contributed by atoms with Gasteiger partial charge in [-0.25, -0.2) is 0 Å². The highest BCUT2D eigenvalue weighted by atomic mass is 16.2. The van der Waals surface area contributed by atoms with Crippen molar-refractivity contribution >= 4 is 5.91 Å². The molecule has 0 aromatic carbocycles. The van der Waals surface area contributed by atoms with Gasteiger partial charge in [0.15, 0.2) is 0 Å². The molecule has 3 heteroatoms. The first-order chi connectivity index (χ1) is 8.90. The van der Waals surface area contributed by atoms with Crippen molar-refractivity contribution in [2.75, 3.05) is 0 Å². The van der Waals surface area contributed by atoms with Crippen LogP contribution in [0.15, 0.2) is 0 Å². The van der Waals surface area contributed by atoms with Gasteiger partial charge in [0, 0.05) is 12.1 Å². The summed E-state index contributed by atoms with van der Waals surface area (Å²) in [6.45, 7) is 12.9. The Labute approximate surface area is 119 Å². The standard InChI is InChI=1S/C16H34N2O/c1-7-15(8-2)18-16(19)14(6)17-13(5)11-9-10-12(3)4/h12-15,17H,7-11H2,1-6H3,(H,18,19). The zero-order valence-corrected chi connectivity index (χ0v) is 13.8. The molecular weight excluding hydrogens is 236 g/mol. The molecule has 114 valence electrons. The van der Waals surface area contributed by atoms with Gasteiger partial charge in [-0.05, 0) is 39.0 Å². The number of hydrogen-bond acceptors (Lipinski definition) is 2. The van der Waals surface area contributed by atoms with Crippen molar-refractivity contribution in [2.45, 2.75) is 91.8 Å². The van der Waals surface area contributed by atoms with Crippen molar-refractivity contribution in [3.05, 3.63) is 0 Å². The van der Waals surface area contributed by atoms with Gasteiger partial charge in [-0.1, -0.05) is 40.5 Å². The molecule has 0 aliphatic heterocycles. The molecule has 0 bridgehead atoms. The van der Waals surface area contributed by atoms with Crippen molar-refractivity contribution in [3.63, 3.8) is 0 Å². The molecule has 2 unspecified atom stereocenters. The molecule has 0 radical (unpaired) electrons. The second-order valence-electron chi connectivity index (χ2n) is 6.14. The first-order valence-corrected chi connectivity index (χ1v) is 7.97. The van der Waals surface area contributed by atoms with Gasteiger partial charge in [-0.3, -0.25) is 4.79 Å². The van der Waals surface area contributed by atoms with Gasteiger partial charge in [-0.2, -0.15) is 0 Å². The van der Waals surface area contributed by atoms with Crippen molar-refractivity contribution in [2.24, 2.45) is 5.92 Å². The van der Waals surface area contributed by atoms with Crippen molar-refractivity contribution in [1.29, 1.82) is 0 Å². The van der Waals surface area contributed by atoms with Crippen LogP contribution < -0.4 is 10.6 Å². The molecule has 0 rings (SSSR count). The summed E-state index contributed by atoms with van der Waals surface area (Å²) in [5.74, 6) is 0.896. The minimum absolute atomic E-state index is 0.102. The molecule has 0 aliphatic rings. The molecule has 0 fully saturated rings. The Balaban J connectivity index is 3.93. The third-order valence-electron chi connectivity index (χ3n) is 3.68. The number of amides is 1. The molecule has 0 saturated carbocycles. The van der Waals surface area contributed by atoms with Crippen molar-refractivity contribution < 1.29 is 4.79 Å². The summed E-state index contributed by atoms with van der Waals surface area (Å²) >= 11 is 0. The molecular formula is C16H34N2O. The zero-order chi connectivity index (χ0) is 14.8. The third kappa shape index (κ3) is 9.04. The summed E-state index contributed by atoms with van der Waals surface area (Å²) in [4.78, 5) is 12.0. The number of rotatable bonds is 10. The second-order valence-corrected chi connectivity index (χ2v) is 6.14. The lowest BCUT2D eigenvalue weighted by Crippen LogP contribution is -2.48. The lowest BCUT2D eigenvalue weighted by Gasteiger charge is -2.22. The Morgan fingerprint density at radius 2 is 1.58 bits per heavy atom. The molecule has 0 spiro atoms. The fraction of sp³-hybridized carbons (Fsp3) is 0.938. The summed E-state index contributed by atoms with van der Waals surface area (Å²) in [5, 5.41) is 6.49. The second kappa shape index (κ2) is 10.2. The molecule has 0 aromatic heterocycles.